The second-order valence-electron chi connectivity index (χ2n) is 7.78. The molecule has 1 aliphatic heterocycles. The number of pyridine rings is 1. The molecule has 3 N–H and O–H groups in total. The van der Waals surface area contributed by atoms with E-state index in [1.54, 1.807) is 10.6 Å². The van der Waals surface area contributed by atoms with Gasteiger partial charge in [0.2, 0.25) is 5.43 Å². The predicted molar refractivity (Wildman–Crippen MR) is 105 cm³/mol. The smallest absolute Gasteiger partial charge is 0.428 e. The second kappa shape index (κ2) is 7.94. The number of anilines is 1. The molecule has 2 aliphatic rings. The maximum atomic E-state index is 14.9. The summed E-state index contributed by atoms with van der Waals surface area (Å²) in [6.45, 7) is 1.37. The fourth-order valence-electron chi connectivity index (χ4n) is 3.97. The number of aromatic carboxylic acids is 1. The van der Waals surface area contributed by atoms with Crippen molar-refractivity contribution in [3.8, 4) is 0 Å². The van der Waals surface area contributed by atoms with Gasteiger partial charge in [-0.2, -0.15) is 5.48 Å². The van der Waals surface area contributed by atoms with E-state index in [0.717, 1.165) is 18.9 Å². The van der Waals surface area contributed by atoms with Crippen LogP contribution in [0.3, 0.4) is 0 Å². The summed E-state index contributed by atoms with van der Waals surface area (Å²) >= 11 is 0. The van der Waals surface area contributed by atoms with Crippen LogP contribution in [0.2, 0.25) is 0 Å². The molecule has 9 nitrogen and oxygen atoms in total. The lowest BCUT2D eigenvalue weighted by Gasteiger charge is -2.33. The molecule has 0 radical (unpaired) electrons. The Kier molecular flexibility index (Phi) is 5.33. The van der Waals surface area contributed by atoms with Crippen molar-refractivity contribution in [2.24, 2.45) is 5.92 Å². The molecule has 160 valence electrons. The number of nitrogens with zero attached hydrogens (tertiary/aromatic N) is 2. The molecule has 2 fully saturated rings. The highest BCUT2D eigenvalue weighted by molar-refractivity contribution is 5.93. The van der Waals surface area contributed by atoms with Crippen LogP contribution in [0.4, 0.5) is 14.9 Å². The van der Waals surface area contributed by atoms with Gasteiger partial charge in [-0.25, -0.2) is 14.0 Å². The largest absolute Gasteiger partial charge is 0.477 e. The summed E-state index contributed by atoms with van der Waals surface area (Å²) in [5.41, 5.74) is 1.76. The first-order chi connectivity index (χ1) is 14.3. The number of benzene rings is 1. The molecule has 1 aliphatic carbocycles. The highest BCUT2D eigenvalue weighted by Gasteiger charge is 2.28. The van der Waals surface area contributed by atoms with Gasteiger partial charge in [0, 0.05) is 30.7 Å². The van der Waals surface area contributed by atoms with Gasteiger partial charge < -0.3 is 19.7 Å². The summed E-state index contributed by atoms with van der Waals surface area (Å²) in [4.78, 5) is 41.3. The quantitative estimate of drug-likeness (QED) is 0.616. The maximum absolute atomic E-state index is 14.9. The molecule has 30 heavy (non-hydrogen) atoms. The fraction of sp³-hybridized carbons (Fsp3) is 0.450. The van der Waals surface area contributed by atoms with E-state index in [1.807, 2.05) is 10.4 Å². The summed E-state index contributed by atoms with van der Waals surface area (Å²) < 4.78 is 16.7. The third-order valence-electron chi connectivity index (χ3n) is 5.71. The molecule has 1 saturated heterocycles. The summed E-state index contributed by atoms with van der Waals surface area (Å²) in [7, 11) is 0. The van der Waals surface area contributed by atoms with Crippen LogP contribution in [0, 0.1) is 11.7 Å². The van der Waals surface area contributed by atoms with Crippen LogP contribution in [0.5, 0.6) is 0 Å². The van der Waals surface area contributed by atoms with Crippen LogP contribution in [0.25, 0.3) is 10.9 Å². The van der Waals surface area contributed by atoms with Gasteiger partial charge in [0.05, 0.1) is 17.8 Å². The zero-order valence-corrected chi connectivity index (χ0v) is 16.1. The molecule has 2 aromatic rings. The topological polar surface area (TPSA) is 121 Å². The zero-order valence-electron chi connectivity index (χ0n) is 16.1. The van der Waals surface area contributed by atoms with Gasteiger partial charge in [-0.1, -0.05) is 0 Å². The third-order valence-corrected chi connectivity index (χ3v) is 5.71. The number of carbonyl (C=O) groups is 2. The molecule has 4 rings (SSSR count). The number of halogens is 1. The summed E-state index contributed by atoms with van der Waals surface area (Å²) in [6.07, 6.45) is 3.29. The Bertz CT molecular complexity index is 1060. The molecular weight excluding hydrogens is 397 g/mol. The van der Waals surface area contributed by atoms with Crippen LogP contribution >= 0.6 is 0 Å². The summed E-state index contributed by atoms with van der Waals surface area (Å²) in [5, 5.41) is 17.9. The molecule has 10 heteroatoms. The first-order valence-corrected chi connectivity index (χ1v) is 9.82. The summed E-state index contributed by atoms with van der Waals surface area (Å²) in [6, 6.07) is 2.90. The normalized spacial score (nSPS) is 17.3. The Hall–Kier alpha value is -3.14. The highest BCUT2D eigenvalue weighted by Crippen LogP contribution is 2.38. The predicted octanol–water partition coefficient (Wildman–Crippen LogP) is 2.59. The number of amides is 1. The molecule has 0 spiro atoms. The minimum absolute atomic E-state index is 0.0751. The number of nitrogens with one attached hydrogen (secondary N) is 1. The number of piperidine rings is 1. The van der Waals surface area contributed by atoms with E-state index in [2.05, 4.69) is 0 Å². The van der Waals surface area contributed by atoms with Gasteiger partial charge in [0.1, 0.15) is 11.4 Å². The van der Waals surface area contributed by atoms with Gasteiger partial charge in [0.25, 0.3) is 0 Å². The van der Waals surface area contributed by atoms with Gasteiger partial charge in [-0.3, -0.25) is 9.63 Å². The molecule has 1 aromatic carbocycles. The molecule has 1 amide bonds. The Morgan fingerprint density at radius 2 is 1.87 bits per heavy atom. The van der Waals surface area contributed by atoms with Crippen molar-refractivity contribution in [2.75, 3.05) is 24.6 Å². The van der Waals surface area contributed by atoms with Crippen LogP contribution in [0.15, 0.2) is 23.1 Å². The number of carboxylic acids is 1. The van der Waals surface area contributed by atoms with Gasteiger partial charge in [-0.05, 0) is 43.7 Å². The molecule has 1 saturated carbocycles. The number of hydroxylamine groups is 1. The minimum atomic E-state index is -1.32. The zero-order chi connectivity index (χ0) is 21.4. The van der Waals surface area contributed by atoms with Crippen LogP contribution in [0.1, 0.15) is 42.1 Å². The number of rotatable bonds is 6. The van der Waals surface area contributed by atoms with E-state index in [-0.39, 0.29) is 29.5 Å². The van der Waals surface area contributed by atoms with Crippen molar-refractivity contribution >= 4 is 28.7 Å². The van der Waals surface area contributed by atoms with Crippen LogP contribution < -0.4 is 15.8 Å². The van der Waals surface area contributed by atoms with E-state index in [1.165, 1.54) is 6.20 Å². The first kappa shape index (κ1) is 20.1. The molecular formula is C20H22FN3O6. The van der Waals surface area contributed by atoms with Crippen molar-refractivity contribution in [1.29, 1.82) is 0 Å². The lowest BCUT2D eigenvalue weighted by Crippen LogP contribution is -2.37. The SMILES string of the molecule is O=C(O)NOCC1CCN(c2cc3c(cc2F)c(=O)c(C(=O)O)cn3C2CC2)CC1. The Labute approximate surface area is 170 Å². The molecule has 1 aromatic heterocycles. The van der Waals surface area contributed by atoms with Crippen molar-refractivity contribution in [3.63, 3.8) is 0 Å². The number of aromatic nitrogens is 1. The standard InChI is InChI=1S/C20H22FN3O6/c21-15-7-13-16(24(12-1-2-12)9-14(18(13)25)19(26)27)8-17(15)23-5-3-11(4-6-23)10-30-22-20(28)29/h7-9,11-12,22H,1-6,10H2,(H,26,27)(H,28,29). The maximum Gasteiger partial charge on any atom is 0.428 e. The fourth-order valence-corrected chi connectivity index (χ4v) is 3.97. The third kappa shape index (κ3) is 3.95. The lowest BCUT2D eigenvalue weighted by atomic mass is 9.97. The van der Waals surface area contributed by atoms with E-state index in [4.69, 9.17) is 9.94 Å². The Balaban J connectivity index is 1.60. The molecule has 0 unspecified atom stereocenters. The van der Waals surface area contributed by atoms with Crippen molar-refractivity contribution in [3.05, 3.63) is 39.9 Å². The number of fused-ring (bicyclic) bond motifs is 1. The summed E-state index contributed by atoms with van der Waals surface area (Å²) in [5.74, 6) is -1.73. The van der Waals surface area contributed by atoms with E-state index in [0.29, 0.717) is 37.1 Å². The average Bonchev–Trinajstić information content (AvgIpc) is 3.53. The lowest BCUT2D eigenvalue weighted by molar-refractivity contribution is 0.0172. The first-order valence-electron chi connectivity index (χ1n) is 9.82. The average molecular weight is 419 g/mol. The van der Waals surface area contributed by atoms with Crippen molar-refractivity contribution < 1.29 is 29.0 Å². The van der Waals surface area contributed by atoms with E-state index < -0.39 is 23.3 Å². The Morgan fingerprint density at radius 1 is 1.17 bits per heavy atom. The van der Waals surface area contributed by atoms with Gasteiger partial charge in [-0.15, -0.1) is 0 Å². The second-order valence-corrected chi connectivity index (χ2v) is 7.78. The van der Waals surface area contributed by atoms with Gasteiger partial charge >= 0.3 is 12.1 Å². The van der Waals surface area contributed by atoms with Gasteiger partial charge in [0.15, 0.2) is 0 Å². The van der Waals surface area contributed by atoms with Crippen LogP contribution in [-0.4, -0.2) is 46.5 Å². The number of carboxylic acid groups (broad SMARTS) is 2. The van der Waals surface area contributed by atoms with Crippen molar-refractivity contribution in [2.45, 2.75) is 31.7 Å². The minimum Gasteiger partial charge on any atom is -0.477 e. The molecule has 2 heterocycles. The number of hydrogen-bond donors (Lipinski definition) is 3. The molecule has 0 bridgehead atoms. The van der Waals surface area contributed by atoms with E-state index in [9.17, 15) is 23.9 Å². The van der Waals surface area contributed by atoms with E-state index >= 15 is 0 Å². The Morgan fingerprint density at radius 3 is 2.47 bits per heavy atom. The molecule has 0 atom stereocenters. The number of hydrogen-bond acceptors (Lipinski definition) is 5. The van der Waals surface area contributed by atoms with Crippen molar-refractivity contribution in [1.82, 2.24) is 10.0 Å². The highest BCUT2D eigenvalue weighted by atomic mass is 19.1. The monoisotopic (exact) mass is 419 g/mol. The van der Waals surface area contributed by atoms with Crippen LogP contribution in [-0.2, 0) is 4.84 Å².